The van der Waals surface area contributed by atoms with Gasteiger partial charge in [0.15, 0.2) is 5.76 Å². The standard InChI is InChI=1S/C18H22N6O2/c1-5-13-12(3)24-26-17(13)14-9-22-18(19-6-7-25-4)23-16(14)15-10-20-11(2)8-21-15/h8-10H,5-7H2,1-4H3,(H,19,22,23). The molecule has 0 saturated carbocycles. The summed E-state index contributed by atoms with van der Waals surface area (Å²) in [5.74, 6) is 1.17. The topological polar surface area (TPSA) is 98.9 Å². The van der Waals surface area contributed by atoms with Gasteiger partial charge in [-0.05, 0) is 20.3 Å². The number of methoxy groups -OCH3 is 1. The maximum atomic E-state index is 5.58. The van der Waals surface area contributed by atoms with Crippen LogP contribution in [0.2, 0.25) is 0 Å². The fraction of sp³-hybridized carbons (Fsp3) is 0.389. The first-order valence-electron chi connectivity index (χ1n) is 8.48. The van der Waals surface area contributed by atoms with Crippen molar-refractivity contribution >= 4 is 5.95 Å². The van der Waals surface area contributed by atoms with Crippen LogP contribution >= 0.6 is 0 Å². The summed E-state index contributed by atoms with van der Waals surface area (Å²) in [6.07, 6.45) is 5.95. The second-order valence-corrected chi connectivity index (χ2v) is 5.85. The summed E-state index contributed by atoms with van der Waals surface area (Å²) in [4.78, 5) is 17.8. The summed E-state index contributed by atoms with van der Waals surface area (Å²) in [5.41, 5.74) is 4.79. The minimum absolute atomic E-state index is 0.498. The Morgan fingerprint density at radius 2 is 1.96 bits per heavy atom. The van der Waals surface area contributed by atoms with Crippen LogP contribution in [0.1, 0.15) is 23.9 Å². The third kappa shape index (κ3) is 3.70. The average Bonchev–Trinajstić information content (AvgIpc) is 3.03. The molecule has 136 valence electrons. The number of anilines is 1. The number of hydrogen-bond acceptors (Lipinski definition) is 8. The molecular weight excluding hydrogens is 332 g/mol. The first kappa shape index (κ1) is 17.9. The van der Waals surface area contributed by atoms with Gasteiger partial charge in [-0.15, -0.1) is 0 Å². The van der Waals surface area contributed by atoms with E-state index in [4.69, 9.17) is 9.26 Å². The van der Waals surface area contributed by atoms with E-state index in [0.29, 0.717) is 36.2 Å². The van der Waals surface area contributed by atoms with E-state index in [1.807, 2.05) is 13.8 Å². The fourth-order valence-corrected chi connectivity index (χ4v) is 2.62. The van der Waals surface area contributed by atoms with E-state index in [2.05, 4.69) is 37.3 Å². The molecule has 26 heavy (non-hydrogen) atoms. The van der Waals surface area contributed by atoms with Gasteiger partial charge < -0.3 is 14.6 Å². The molecule has 0 unspecified atom stereocenters. The Hall–Kier alpha value is -2.87. The largest absolute Gasteiger partial charge is 0.383 e. The van der Waals surface area contributed by atoms with Gasteiger partial charge in [0.25, 0.3) is 0 Å². The monoisotopic (exact) mass is 354 g/mol. The smallest absolute Gasteiger partial charge is 0.223 e. The zero-order chi connectivity index (χ0) is 18.5. The Morgan fingerprint density at radius 3 is 2.65 bits per heavy atom. The predicted octanol–water partition coefficient (Wildman–Crippen LogP) is 2.83. The summed E-state index contributed by atoms with van der Waals surface area (Å²) in [6.45, 7) is 7.06. The highest BCUT2D eigenvalue weighted by Gasteiger charge is 2.20. The highest BCUT2D eigenvalue weighted by molar-refractivity contribution is 5.78. The van der Waals surface area contributed by atoms with Crippen molar-refractivity contribution in [1.82, 2.24) is 25.1 Å². The van der Waals surface area contributed by atoms with E-state index in [1.165, 1.54) is 0 Å². The predicted molar refractivity (Wildman–Crippen MR) is 97.8 cm³/mol. The van der Waals surface area contributed by atoms with Crippen molar-refractivity contribution in [1.29, 1.82) is 0 Å². The molecular formula is C18H22N6O2. The van der Waals surface area contributed by atoms with Crippen molar-refractivity contribution in [2.45, 2.75) is 27.2 Å². The molecule has 0 radical (unpaired) electrons. The minimum Gasteiger partial charge on any atom is -0.383 e. The van der Waals surface area contributed by atoms with Crippen molar-refractivity contribution in [3.63, 3.8) is 0 Å². The molecule has 0 bridgehead atoms. The lowest BCUT2D eigenvalue weighted by Crippen LogP contribution is -2.11. The number of ether oxygens (including phenoxy) is 1. The Labute approximate surface area is 152 Å². The van der Waals surface area contributed by atoms with Gasteiger partial charge in [0.2, 0.25) is 5.95 Å². The van der Waals surface area contributed by atoms with E-state index in [1.54, 1.807) is 25.7 Å². The molecule has 3 heterocycles. The summed E-state index contributed by atoms with van der Waals surface area (Å²) in [7, 11) is 1.65. The number of rotatable bonds is 7. The number of aromatic nitrogens is 5. The van der Waals surface area contributed by atoms with E-state index >= 15 is 0 Å². The molecule has 0 aliphatic heterocycles. The van der Waals surface area contributed by atoms with Gasteiger partial charge in [0.1, 0.15) is 11.4 Å². The van der Waals surface area contributed by atoms with Crippen LogP contribution in [0.5, 0.6) is 0 Å². The first-order chi connectivity index (χ1) is 12.6. The van der Waals surface area contributed by atoms with E-state index in [0.717, 1.165) is 28.9 Å². The summed E-state index contributed by atoms with van der Waals surface area (Å²) in [5, 5.41) is 7.23. The van der Waals surface area contributed by atoms with Crippen molar-refractivity contribution in [3.8, 4) is 22.7 Å². The molecule has 3 aromatic rings. The molecule has 8 heteroatoms. The van der Waals surface area contributed by atoms with Crippen molar-refractivity contribution in [2.24, 2.45) is 0 Å². The molecule has 0 fully saturated rings. The highest BCUT2D eigenvalue weighted by Crippen LogP contribution is 2.33. The molecule has 8 nitrogen and oxygen atoms in total. The van der Waals surface area contributed by atoms with Gasteiger partial charge in [-0.1, -0.05) is 12.1 Å². The SMILES string of the molecule is CCc1c(C)noc1-c1cnc(NCCOC)nc1-c1cnc(C)cn1. The number of hydrogen-bond donors (Lipinski definition) is 1. The Kier molecular flexibility index (Phi) is 5.52. The summed E-state index contributed by atoms with van der Waals surface area (Å²) >= 11 is 0. The first-order valence-corrected chi connectivity index (χ1v) is 8.48. The van der Waals surface area contributed by atoms with Gasteiger partial charge in [-0.2, -0.15) is 0 Å². The summed E-state index contributed by atoms with van der Waals surface area (Å²) in [6, 6.07) is 0. The summed E-state index contributed by atoms with van der Waals surface area (Å²) < 4.78 is 10.6. The third-order valence-electron chi connectivity index (χ3n) is 3.98. The van der Waals surface area contributed by atoms with Crippen LogP contribution in [0.15, 0.2) is 23.1 Å². The molecule has 0 aliphatic rings. The van der Waals surface area contributed by atoms with Crippen LogP contribution in [0.25, 0.3) is 22.7 Å². The third-order valence-corrected chi connectivity index (χ3v) is 3.98. The van der Waals surface area contributed by atoms with Crippen LogP contribution in [-0.4, -0.2) is 45.4 Å². The normalized spacial score (nSPS) is 10.9. The molecule has 0 aromatic carbocycles. The highest BCUT2D eigenvalue weighted by atomic mass is 16.5. The van der Waals surface area contributed by atoms with E-state index < -0.39 is 0 Å². The number of aryl methyl sites for hydroxylation is 2. The van der Waals surface area contributed by atoms with Gasteiger partial charge in [-0.3, -0.25) is 9.97 Å². The molecule has 3 rings (SSSR count). The van der Waals surface area contributed by atoms with Crippen LogP contribution < -0.4 is 5.32 Å². The van der Waals surface area contributed by atoms with Gasteiger partial charge in [-0.25, -0.2) is 9.97 Å². The number of nitrogens with one attached hydrogen (secondary N) is 1. The van der Waals surface area contributed by atoms with E-state index in [-0.39, 0.29) is 0 Å². The molecule has 1 N–H and O–H groups in total. The maximum absolute atomic E-state index is 5.58. The maximum Gasteiger partial charge on any atom is 0.223 e. The Balaban J connectivity index is 2.09. The molecule has 3 aromatic heterocycles. The van der Waals surface area contributed by atoms with Gasteiger partial charge in [0, 0.05) is 31.6 Å². The molecule has 0 saturated heterocycles. The lowest BCUT2D eigenvalue weighted by molar-refractivity contribution is 0.210. The lowest BCUT2D eigenvalue weighted by Gasteiger charge is -2.10. The molecule has 0 spiro atoms. The molecule has 0 atom stereocenters. The van der Waals surface area contributed by atoms with Gasteiger partial charge in [0.05, 0.1) is 29.8 Å². The lowest BCUT2D eigenvalue weighted by atomic mass is 10.0. The van der Waals surface area contributed by atoms with Crippen LogP contribution in [0.4, 0.5) is 5.95 Å². The quantitative estimate of drug-likeness (QED) is 0.647. The molecule has 0 amide bonds. The number of nitrogens with zero attached hydrogens (tertiary/aromatic N) is 5. The molecule has 0 aliphatic carbocycles. The van der Waals surface area contributed by atoms with Crippen molar-refractivity contribution < 1.29 is 9.26 Å². The van der Waals surface area contributed by atoms with Gasteiger partial charge >= 0.3 is 0 Å². The zero-order valence-electron chi connectivity index (χ0n) is 15.4. The van der Waals surface area contributed by atoms with Crippen molar-refractivity contribution in [2.75, 3.05) is 25.6 Å². The second-order valence-electron chi connectivity index (χ2n) is 5.85. The van der Waals surface area contributed by atoms with Crippen LogP contribution in [0, 0.1) is 13.8 Å². The fourth-order valence-electron chi connectivity index (χ4n) is 2.62. The average molecular weight is 354 g/mol. The van der Waals surface area contributed by atoms with Crippen LogP contribution in [0.3, 0.4) is 0 Å². The Bertz CT molecular complexity index is 876. The second kappa shape index (κ2) is 8.01. The Morgan fingerprint density at radius 1 is 1.12 bits per heavy atom. The van der Waals surface area contributed by atoms with Crippen LogP contribution in [-0.2, 0) is 11.2 Å². The zero-order valence-corrected chi connectivity index (χ0v) is 15.4. The van der Waals surface area contributed by atoms with E-state index in [9.17, 15) is 0 Å². The minimum atomic E-state index is 0.498. The van der Waals surface area contributed by atoms with Crippen molar-refractivity contribution in [3.05, 3.63) is 35.5 Å².